The lowest BCUT2D eigenvalue weighted by Gasteiger charge is -2.14. The van der Waals surface area contributed by atoms with Crippen LogP contribution < -0.4 is 10.0 Å². The number of sulfonamides is 1. The van der Waals surface area contributed by atoms with E-state index < -0.39 is 22.0 Å². The van der Waals surface area contributed by atoms with Gasteiger partial charge < -0.3 is 10.4 Å². The fraction of sp³-hybridized carbons (Fsp3) is 0.321. The second kappa shape index (κ2) is 13.1. The van der Waals surface area contributed by atoms with Crippen LogP contribution in [0.2, 0.25) is 0 Å². The highest BCUT2D eigenvalue weighted by Crippen LogP contribution is 2.32. The topological polar surface area (TPSA) is 95.5 Å². The highest BCUT2D eigenvalue weighted by atomic mass is 32.2. The Morgan fingerprint density at radius 1 is 0.972 bits per heavy atom. The molecule has 192 valence electrons. The zero-order valence-electron chi connectivity index (χ0n) is 20.9. The third kappa shape index (κ3) is 8.78. The average Bonchev–Trinajstić information content (AvgIpc) is 2.83. The summed E-state index contributed by atoms with van der Waals surface area (Å²) in [7, 11) is -3.64. The van der Waals surface area contributed by atoms with Gasteiger partial charge in [0, 0.05) is 16.7 Å². The molecule has 3 aromatic rings. The predicted octanol–water partition coefficient (Wildman–Crippen LogP) is 4.80. The number of aliphatic hydroxyl groups excluding tert-OH is 1. The molecular formula is C28H34N2O4S2. The SMILES string of the molecule is CC(C)Sc1cc(-c2ccc(CCCNC[C@@H](O)c3ccccc3)cc2)ccc1C(=O)NS(C)(=O)=O. The van der Waals surface area contributed by atoms with Gasteiger partial charge in [0.2, 0.25) is 10.0 Å². The summed E-state index contributed by atoms with van der Waals surface area (Å²) in [5.74, 6) is -0.618. The third-order valence-electron chi connectivity index (χ3n) is 5.50. The number of benzene rings is 3. The summed E-state index contributed by atoms with van der Waals surface area (Å²) < 4.78 is 25.1. The molecular weight excluding hydrogens is 492 g/mol. The Bertz CT molecular complexity index is 1240. The fourth-order valence-corrected chi connectivity index (χ4v) is 5.21. The van der Waals surface area contributed by atoms with Crippen LogP contribution in [0.5, 0.6) is 0 Å². The van der Waals surface area contributed by atoms with Gasteiger partial charge in [-0.05, 0) is 53.8 Å². The standard InChI is InChI=1S/C28H34N2O4S2/c1-20(2)35-27-18-24(15-16-25(27)28(32)30-36(3,33)34)22-13-11-21(12-14-22)8-7-17-29-19-26(31)23-9-5-4-6-10-23/h4-6,9-16,18,20,26,29,31H,7-8,17,19H2,1-3H3,(H,30,32)/t26-/m1/s1. The predicted molar refractivity (Wildman–Crippen MR) is 148 cm³/mol. The number of nitrogens with one attached hydrogen (secondary N) is 2. The van der Waals surface area contributed by atoms with Crippen molar-refractivity contribution in [3.8, 4) is 11.1 Å². The molecule has 0 aliphatic heterocycles. The van der Waals surface area contributed by atoms with Crippen LogP contribution in [0.4, 0.5) is 0 Å². The van der Waals surface area contributed by atoms with Crippen LogP contribution in [0.1, 0.15) is 47.9 Å². The van der Waals surface area contributed by atoms with E-state index >= 15 is 0 Å². The second-order valence-electron chi connectivity index (χ2n) is 9.01. The Labute approximate surface area is 218 Å². The van der Waals surface area contributed by atoms with Gasteiger partial charge in [0.1, 0.15) is 0 Å². The summed E-state index contributed by atoms with van der Waals surface area (Å²) in [6.45, 7) is 5.40. The largest absolute Gasteiger partial charge is 0.387 e. The third-order valence-corrected chi connectivity index (χ3v) is 7.11. The molecule has 1 atom stereocenters. The number of thioether (sulfide) groups is 1. The van der Waals surface area contributed by atoms with E-state index in [2.05, 4.69) is 34.3 Å². The first kappa shape index (κ1) is 27.9. The Morgan fingerprint density at radius 3 is 2.28 bits per heavy atom. The molecule has 0 saturated heterocycles. The van der Waals surface area contributed by atoms with Crippen molar-refractivity contribution < 1.29 is 18.3 Å². The number of hydrogen-bond acceptors (Lipinski definition) is 6. The van der Waals surface area contributed by atoms with Gasteiger partial charge in [-0.25, -0.2) is 13.1 Å². The van der Waals surface area contributed by atoms with Gasteiger partial charge in [0.25, 0.3) is 5.91 Å². The summed E-state index contributed by atoms with van der Waals surface area (Å²) in [4.78, 5) is 13.2. The van der Waals surface area contributed by atoms with Crippen LogP contribution in [-0.2, 0) is 16.4 Å². The maximum absolute atomic E-state index is 12.5. The first-order chi connectivity index (χ1) is 17.1. The summed E-state index contributed by atoms with van der Waals surface area (Å²) in [5, 5.41) is 13.8. The number of rotatable bonds is 12. The van der Waals surface area contributed by atoms with Crippen LogP contribution in [-0.4, -0.2) is 44.0 Å². The first-order valence-electron chi connectivity index (χ1n) is 12.0. The minimum Gasteiger partial charge on any atom is -0.387 e. The highest BCUT2D eigenvalue weighted by molar-refractivity contribution is 8.00. The number of hydrogen-bond donors (Lipinski definition) is 3. The van der Waals surface area contributed by atoms with E-state index in [-0.39, 0.29) is 5.25 Å². The first-order valence-corrected chi connectivity index (χ1v) is 14.8. The van der Waals surface area contributed by atoms with Crippen molar-refractivity contribution in [2.75, 3.05) is 19.3 Å². The lowest BCUT2D eigenvalue weighted by Crippen LogP contribution is -2.29. The van der Waals surface area contributed by atoms with Gasteiger partial charge in [-0.2, -0.15) is 0 Å². The molecule has 0 saturated carbocycles. The van der Waals surface area contributed by atoms with Crippen molar-refractivity contribution in [1.29, 1.82) is 0 Å². The molecule has 3 aromatic carbocycles. The van der Waals surface area contributed by atoms with Gasteiger partial charge in [0.05, 0.1) is 17.9 Å². The van der Waals surface area contributed by atoms with Crippen LogP contribution in [0.25, 0.3) is 11.1 Å². The van der Waals surface area contributed by atoms with Crippen LogP contribution in [0.15, 0.2) is 77.7 Å². The van der Waals surface area contributed by atoms with Crippen molar-refractivity contribution in [3.63, 3.8) is 0 Å². The smallest absolute Gasteiger partial charge is 0.265 e. The van der Waals surface area contributed by atoms with E-state index in [1.165, 1.54) is 17.3 Å². The molecule has 0 aliphatic carbocycles. The van der Waals surface area contributed by atoms with Gasteiger partial charge in [-0.3, -0.25) is 4.79 Å². The summed E-state index contributed by atoms with van der Waals surface area (Å²) in [5.41, 5.74) is 4.50. The fourth-order valence-electron chi connectivity index (χ4n) is 3.78. The Hall–Kier alpha value is -2.65. The lowest BCUT2D eigenvalue weighted by molar-refractivity contribution is 0.0979. The highest BCUT2D eigenvalue weighted by Gasteiger charge is 2.17. The van der Waals surface area contributed by atoms with E-state index in [9.17, 15) is 18.3 Å². The molecule has 0 fully saturated rings. The Balaban J connectivity index is 1.58. The molecule has 0 radical (unpaired) electrons. The normalized spacial score (nSPS) is 12.5. The quantitative estimate of drug-likeness (QED) is 0.232. The van der Waals surface area contributed by atoms with Crippen molar-refractivity contribution in [2.45, 2.75) is 42.9 Å². The van der Waals surface area contributed by atoms with Crippen LogP contribution in [0.3, 0.4) is 0 Å². The molecule has 3 N–H and O–H groups in total. The number of amides is 1. The van der Waals surface area contributed by atoms with Crippen LogP contribution >= 0.6 is 11.8 Å². The zero-order chi connectivity index (χ0) is 26.1. The summed E-state index contributed by atoms with van der Waals surface area (Å²) >= 11 is 1.53. The number of carbonyl (C=O) groups excluding carboxylic acids is 1. The van der Waals surface area contributed by atoms with Gasteiger partial charge >= 0.3 is 0 Å². The van der Waals surface area contributed by atoms with Gasteiger partial charge in [-0.1, -0.05) is 74.5 Å². The molecule has 36 heavy (non-hydrogen) atoms. The van der Waals surface area contributed by atoms with Crippen molar-refractivity contribution in [2.24, 2.45) is 0 Å². The minimum atomic E-state index is -3.64. The van der Waals surface area contributed by atoms with Crippen molar-refractivity contribution in [3.05, 3.63) is 89.5 Å². The number of aliphatic hydroxyl groups is 1. The number of aryl methyl sites for hydroxylation is 1. The monoisotopic (exact) mass is 526 g/mol. The summed E-state index contributed by atoms with van der Waals surface area (Å²) in [6.07, 6.45) is 2.35. The Kier molecular flexibility index (Phi) is 10.1. The minimum absolute atomic E-state index is 0.231. The van der Waals surface area contributed by atoms with E-state index in [4.69, 9.17) is 0 Å². The molecule has 6 nitrogen and oxygen atoms in total. The maximum Gasteiger partial charge on any atom is 0.265 e. The molecule has 0 aliphatic rings. The summed E-state index contributed by atoms with van der Waals surface area (Å²) in [6, 6.07) is 23.5. The molecule has 3 rings (SSSR count). The molecule has 0 bridgehead atoms. The van der Waals surface area contributed by atoms with E-state index in [0.29, 0.717) is 12.1 Å². The Morgan fingerprint density at radius 2 is 1.64 bits per heavy atom. The molecule has 1 amide bonds. The number of carbonyl (C=O) groups is 1. The van der Waals surface area contributed by atoms with E-state index in [1.54, 1.807) is 6.07 Å². The van der Waals surface area contributed by atoms with Crippen molar-refractivity contribution in [1.82, 2.24) is 10.0 Å². The molecule has 0 aromatic heterocycles. The lowest BCUT2D eigenvalue weighted by atomic mass is 10.0. The van der Waals surface area contributed by atoms with Crippen molar-refractivity contribution >= 4 is 27.7 Å². The van der Waals surface area contributed by atoms with Gasteiger partial charge in [-0.15, -0.1) is 11.8 Å². The molecule has 0 heterocycles. The zero-order valence-corrected chi connectivity index (χ0v) is 22.5. The average molecular weight is 527 g/mol. The molecule has 8 heteroatoms. The molecule has 0 unspecified atom stereocenters. The maximum atomic E-state index is 12.5. The molecule has 0 spiro atoms. The second-order valence-corrected chi connectivity index (χ2v) is 12.4. The van der Waals surface area contributed by atoms with E-state index in [1.807, 2.05) is 56.3 Å². The van der Waals surface area contributed by atoms with Gasteiger partial charge in [0.15, 0.2) is 0 Å². The van der Waals surface area contributed by atoms with Crippen LogP contribution in [0, 0.1) is 0 Å². The van der Waals surface area contributed by atoms with E-state index in [0.717, 1.165) is 47.2 Å².